The number of halogens is 2. The lowest BCUT2D eigenvalue weighted by atomic mass is 9.86. The lowest BCUT2D eigenvalue weighted by molar-refractivity contribution is 0.0946. The molecule has 0 fully saturated rings. The summed E-state index contributed by atoms with van der Waals surface area (Å²) in [6, 6.07) is 18.7. The number of nitriles is 1. The Morgan fingerprint density at radius 1 is 1.11 bits per heavy atom. The molecule has 1 aromatic heterocycles. The number of benzene rings is 3. The lowest BCUT2D eigenvalue weighted by Gasteiger charge is -2.22. The van der Waals surface area contributed by atoms with E-state index in [1.165, 1.54) is 5.57 Å². The summed E-state index contributed by atoms with van der Waals surface area (Å²) >= 11 is 12.3. The maximum absolute atomic E-state index is 12.8. The van der Waals surface area contributed by atoms with Crippen molar-refractivity contribution in [2.75, 3.05) is 6.54 Å². The van der Waals surface area contributed by atoms with Crippen LogP contribution >= 0.6 is 23.2 Å². The van der Waals surface area contributed by atoms with Crippen LogP contribution in [0.5, 0.6) is 0 Å². The highest BCUT2D eigenvalue weighted by Crippen LogP contribution is 2.33. The third-order valence-electron chi connectivity index (χ3n) is 6.97. The second-order valence-corrected chi connectivity index (χ2v) is 10.9. The third-order valence-corrected chi connectivity index (χ3v) is 7.40. The van der Waals surface area contributed by atoms with Crippen LogP contribution in [0.1, 0.15) is 66.1 Å². The molecule has 0 saturated heterocycles. The van der Waals surface area contributed by atoms with Crippen LogP contribution in [0.2, 0.25) is 10.0 Å². The molecule has 0 saturated carbocycles. The fraction of sp³-hybridized carbons (Fsp3) is 0.258. The number of rotatable bonds is 6. The number of allylic oxidation sites excluding steroid dienone is 2. The Kier molecular flexibility index (Phi) is 7.56. The smallest absolute Gasteiger partial charge is 0.251 e. The molecule has 7 heteroatoms. The molecule has 0 radical (unpaired) electrons. The van der Waals surface area contributed by atoms with Crippen molar-refractivity contribution in [1.82, 2.24) is 10.3 Å². The zero-order valence-electron chi connectivity index (χ0n) is 21.2. The van der Waals surface area contributed by atoms with E-state index < -0.39 is 0 Å². The van der Waals surface area contributed by atoms with Crippen LogP contribution < -0.4 is 5.32 Å². The van der Waals surface area contributed by atoms with Crippen molar-refractivity contribution < 1.29 is 9.21 Å². The number of nitrogens with zero attached hydrogens (tertiary/aromatic N) is 2. The molecule has 1 N–H and O–H groups in total. The van der Waals surface area contributed by atoms with Crippen molar-refractivity contribution in [2.24, 2.45) is 5.92 Å². The molecule has 5 nitrogen and oxygen atoms in total. The quantitative estimate of drug-likeness (QED) is 0.264. The van der Waals surface area contributed by atoms with Gasteiger partial charge in [0.1, 0.15) is 5.52 Å². The minimum atomic E-state index is -0.105. The molecular formula is C31H27Cl2N3O2. The van der Waals surface area contributed by atoms with Crippen molar-refractivity contribution in [1.29, 1.82) is 5.26 Å². The van der Waals surface area contributed by atoms with Crippen LogP contribution in [0, 0.1) is 17.2 Å². The average molecular weight is 544 g/mol. The molecule has 1 amide bonds. The number of nitrogens with one attached hydrogen (secondary N) is 1. The zero-order valence-corrected chi connectivity index (χ0v) is 22.7. The summed E-state index contributed by atoms with van der Waals surface area (Å²) in [7, 11) is 0. The predicted molar refractivity (Wildman–Crippen MR) is 152 cm³/mol. The molecule has 1 heterocycles. The molecule has 1 aliphatic carbocycles. The van der Waals surface area contributed by atoms with Crippen molar-refractivity contribution in [3.05, 3.63) is 93.0 Å². The summed E-state index contributed by atoms with van der Waals surface area (Å²) < 4.78 is 6.09. The maximum Gasteiger partial charge on any atom is 0.251 e. The first-order valence-electron chi connectivity index (χ1n) is 12.7. The molecule has 1 aliphatic rings. The van der Waals surface area contributed by atoms with E-state index in [-0.39, 0.29) is 11.8 Å². The molecule has 4 aromatic rings. The Hall–Kier alpha value is -3.59. The van der Waals surface area contributed by atoms with Crippen LogP contribution in [-0.4, -0.2) is 17.4 Å². The van der Waals surface area contributed by atoms with E-state index in [4.69, 9.17) is 27.6 Å². The number of fused-ring (bicyclic) bond motifs is 1. The number of amides is 1. The second-order valence-electron chi connectivity index (χ2n) is 10.0. The SMILES string of the molecule is CC(C)c1cc(C#N)cc2nc(-c3ccc(C(=O)NCC4CC=C(c5cc(Cl)cc(Cl)c5)CC4)cc3)oc12. The zero-order chi connectivity index (χ0) is 26.8. The van der Waals surface area contributed by atoms with Gasteiger partial charge >= 0.3 is 0 Å². The first-order valence-corrected chi connectivity index (χ1v) is 13.4. The third kappa shape index (κ3) is 5.62. The van der Waals surface area contributed by atoms with Crippen molar-refractivity contribution in [2.45, 2.75) is 39.0 Å². The molecular weight excluding hydrogens is 517 g/mol. The van der Waals surface area contributed by atoms with Gasteiger partial charge in [-0.05, 0) is 96.8 Å². The highest BCUT2D eigenvalue weighted by Gasteiger charge is 2.19. The van der Waals surface area contributed by atoms with Crippen molar-refractivity contribution in [3.63, 3.8) is 0 Å². The number of carbonyl (C=O) groups is 1. The van der Waals surface area contributed by atoms with Crippen LogP contribution in [0.25, 0.3) is 28.1 Å². The maximum atomic E-state index is 12.8. The van der Waals surface area contributed by atoms with E-state index in [9.17, 15) is 10.1 Å². The van der Waals surface area contributed by atoms with Gasteiger partial charge in [-0.25, -0.2) is 4.98 Å². The van der Waals surface area contributed by atoms with Gasteiger partial charge in [-0.1, -0.05) is 43.1 Å². The van der Waals surface area contributed by atoms with Gasteiger partial charge < -0.3 is 9.73 Å². The van der Waals surface area contributed by atoms with E-state index >= 15 is 0 Å². The van der Waals surface area contributed by atoms with Gasteiger partial charge in [0.15, 0.2) is 5.58 Å². The van der Waals surface area contributed by atoms with Gasteiger partial charge in [-0.15, -0.1) is 0 Å². The van der Waals surface area contributed by atoms with E-state index in [1.54, 1.807) is 24.3 Å². The first kappa shape index (κ1) is 26.0. The summed E-state index contributed by atoms with van der Waals surface area (Å²) in [4.78, 5) is 17.4. The Morgan fingerprint density at radius 2 is 1.84 bits per heavy atom. The van der Waals surface area contributed by atoms with E-state index in [0.717, 1.165) is 36.0 Å². The molecule has 1 atom stereocenters. The van der Waals surface area contributed by atoms with Crippen LogP contribution in [0.3, 0.4) is 0 Å². The number of aromatic nitrogens is 1. The normalized spacial score (nSPS) is 15.4. The van der Waals surface area contributed by atoms with Crippen LogP contribution in [-0.2, 0) is 0 Å². The molecule has 192 valence electrons. The monoisotopic (exact) mass is 543 g/mol. The summed E-state index contributed by atoms with van der Waals surface area (Å²) in [6.07, 6.45) is 5.02. The Morgan fingerprint density at radius 3 is 2.47 bits per heavy atom. The van der Waals surface area contributed by atoms with E-state index in [1.807, 2.05) is 30.3 Å². The summed E-state index contributed by atoms with van der Waals surface area (Å²) in [6.45, 7) is 4.73. The minimum absolute atomic E-state index is 0.105. The Labute approximate surface area is 232 Å². The van der Waals surface area contributed by atoms with Crippen LogP contribution in [0.4, 0.5) is 0 Å². The number of hydrogen-bond acceptors (Lipinski definition) is 4. The molecule has 3 aromatic carbocycles. The van der Waals surface area contributed by atoms with Crippen molar-refractivity contribution >= 4 is 45.8 Å². The fourth-order valence-electron chi connectivity index (χ4n) is 4.85. The number of hydrogen-bond donors (Lipinski definition) is 1. The van der Waals surface area contributed by atoms with Gasteiger partial charge in [0, 0.05) is 33.3 Å². The van der Waals surface area contributed by atoms with Gasteiger partial charge in [0.2, 0.25) is 5.89 Å². The molecule has 5 rings (SSSR count). The highest BCUT2D eigenvalue weighted by atomic mass is 35.5. The minimum Gasteiger partial charge on any atom is -0.436 e. The average Bonchev–Trinajstić information content (AvgIpc) is 3.35. The second kappa shape index (κ2) is 11.0. The van der Waals surface area contributed by atoms with Gasteiger partial charge in [0.25, 0.3) is 5.91 Å². The molecule has 0 aliphatic heterocycles. The summed E-state index contributed by atoms with van der Waals surface area (Å²) in [5.41, 5.74) is 6.54. The number of carbonyl (C=O) groups excluding carboxylic acids is 1. The fourth-order valence-corrected chi connectivity index (χ4v) is 5.38. The number of oxazole rings is 1. The van der Waals surface area contributed by atoms with E-state index in [2.05, 4.69) is 36.3 Å². The predicted octanol–water partition coefficient (Wildman–Crippen LogP) is 8.41. The Balaban J connectivity index is 1.22. The van der Waals surface area contributed by atoms with E-state index in [0.29, 0.717) is 50.6 Å². The lowest BCUT2D eigenvalue weighted by Crippen LogP contribution is -2.29. The van der Waals surface area contributed by atoms with Gasteiger partial charge in [-0.2, -0.15) is 5.26 Å². The molecule has 1 unspecified atom stereocenters. The largest absolute Gasteiger partial charge is 0.436 e. The Bertz CT molecular complexity index is 1560. The van der Waals surface area contributed by atoms with Gasteiger partial charge in [0.05, 0.1) is 11.6 Å². The van der Waals surface area contributed by atoms with Crippen molar-refractivity contribution in [3.8, 4) is 17.5 Å². The standard InChI is InChI=1S/C31H27Cl2N3O2/c1-18(2)27-11-20(16-34)12-28-29(27)38-31(36-28)23-9-7-22(8-10-23)30(37)35-17-19-3-5-21(6-4-19)24-13-25(32)15-26(33)14-24/h5,7-15,18-19H,3-4,6,17H2,1-2H3,(H,35,37). The molecule has 38 heavy (non-hydrogen) atoms. The summed E-state index contributed by atoms with van der Waals surface area (Å²) in [5.74, 6) is 0.935. The molecule has 0 spiro atoms. The summed E-state index contributed by atoms with van der Waals surface area (Å²) in [5, 5.41) is 13.7. The topological polar surface area (TPSA) is 78.9 Å². The molecule has 0 bridgehead atoms. The van der Waals surface area contributed by atoms with Gasteiger partial charge in [-0.3, -0.25) is 4.79 Å². The first-order chi connectivity index (χ1) is 18.3. The van der Waals surface area contributed by atoms with Crippen LogP contribution in [0.15, 0.2) is 65.1 Å². The highest BCUT2D eigenvalue weighted by molar-refractivity contribution is 6.34.